The number of hydrogen-bond donors (Lipinski definition) is 1. The van der Waals surface area contributed by atoms with Crippen molar-refractivity contribution in [3.63, 3.8) is 0 Å². The number of halogens is 1. The first kappa shape index (κ1) is 15.6. The summed E-state index contributed by atoms with van der Waals surface area (Å²) < 4.78 is 38.5. The van der Waals surface area contributed by atoms with Crippen molar-refractivity contribution in [1.29, 1.82) is 0 Å². The molecule has 0 unspecified atom stereocenters. The van der Waals surface area contributed by atoms with Gasteiger partial charge in [-0.3, -0.25) is 0 Å². The van der Waals surface area contributed by atoms with E-state index in [1.807, 2.05) is 0 Å². The van der Waals surface area contributed by atoms with Gasteiger partial charge in [0.25, 0.3) is 10.0 Å². The molecule has 0 fully saturated rings. The van der Waals surface area contributed by atoms with Crippen molar-refractivity contribution in [2.45, 2.75) is 10.8 Å². The number of hydrogen-bond acceptors (Lipinski definition) is 4. The fourth-order valence-corrected chi connectivity index (χ4v) is 4.17. The van der Waals surface area contributed by atoms with Gasteiger partial charge in [-0.25, -0.2) is 17.6 Å². The minimum absolute atomic E-state index is 0.0375. The summed E-state index contributed by atoms with van der Waals surface area (Å²) >= 11 is 0.856. The predicted octanol–water partition coefficient (Wildman–Crippen LogP) is 2.41. The summed E-state index contributed by atoms with van der Waals surface area (Å²) in [6.45, 7) is 0.0723. The van der Waals surface area contributed by atoms with Crippen LogP contribution in [0.3, 0.4) is 0 Å². The third-order valence-corrected chi connectivity index (χ3v) is 6.02. The molecule has 1 N–H and O–H groups in total. The second kappa shape index (κ2) is 5.92. The van der Waals surface area contributed by atoms with E-state index >= 15 is 0 Å². The molecule has 1 aromatic carbocycles. The fourth-order valence-electron chi connectivity index (χ4n) is 1.65. The second-order valence-electron chi connectivity index (χ2n) is 4.35. The highest BCUT2D eigenvalue weighted by Gasteiger charge is 2.24. The maximum Gasteiger partial charge on any atom is 0.336 e. The number of benzene rings is 1. The van der Waals surface area contributed by atoms with E-state index < -0.39 is 21.8 Å². The number of nitrogens with zero attached hydrogens (tertiary/aromatic N) is 1. The zero-order chi connectivity index (χ0) is 15.6. The maximum atomic E-state index is 12.8. The lowest BCUT2D eigenvalue weighted by atomic mass is 10.2. The van der Waals surface area contributed by atoms with Crippen molar-refractivity contribution in [2.24, 2.45) is 0 Å². The van der Waals surface area contributed by atoms with Crippen LogP contribution in [0.4, 0.5) is 4.39 Å². The van der Waals surface area contributed by atoms with Gasteiger partial charge in [0, 0.05) is 19.0 Å². The van der Waals surface area contributed by atoms with Gasteiger partial charge in [-0.15, -0.1) is 11.3 Å². The molecule has 0 saturated carbocycles. The molecule has 0 amide bonds. The lowest BCUT2D eigenvalue weighted by Crippen LogP contribution is -2.25. The molecule has 0 aliphatic heterocycles. The van der Waals surface area contributed by atoms with E-state index in [-0.39, 0.29) is 16.3 Å². The molecule has 0 aliphatic rings. The van der Waals surface area contributed by atoms with E-state index in [9.17, 15) is 17.6 Å². The van der Waals surface area contributed by atoms with Crippen LogP contribution in [0.15, 0.2) is 39.9 Å². The molecule has 1 heterocycles. The Kier molecular flexibility index (Phi) is 4.40. The zero-order valence-electron chi connectivity index (χ0n) is 11.0. The van der Waals surface area contributed by atoms with Crippen LogP contribution in [-0.2, 0) is 16.6 Å². The average molecular weight is 329 g/mol. The normalized spacial score (nSPS) is 11.8. The molecule has 21 heavy (non-hydrogen) atoms. The summed E-state index contributed by atoms with van der Waals surface area (Å²) in [6, 6.07) is 6.63. The van der Waals surface area contributed by atoms with Gasteiger partial charge in [0.2, 0.25) is 0 Å². The molecule has 5 nitrogen and oxygen atoms in total. The quantitative estimate of drug-likeness (QED) is 0.914. The smallest absolute Gasteiger partial charge is 0.336 e. The summed E-state index contributed by atoms with van der Waals surface area (Å²) in [5.74, 6) is -1.57. The number of sulfonamides is 1. The van der Waals surface area contributed by atoms with Crippen LogP contribution in [0.2, 0.25) is 0 Å². The highest BCUT2D eigenvalue weighted by Crippen LogP contribution is 2.24. The minimum Gasteiger partial charge on any atom is -0.478 e. The van der Waals surface area contributed by atoms with Gasteiger partial charge >= 0.3 is 5.97 Å². The van der Waals surface area contributed by atoms with Crippen LogP contribution in [0.1, 0.15) is 15.9 Å². The molecule has 8 heteroatoms. The fraction of sp³-hybridized carbons (Fsp3) is 0.154. The van der Waals surface area contributed by atoms with Gasteiger partial charge in [-0.2, -0.15) is 4.31 Å². The Hall–Kier alpha value is -1.77. The summed E-state index contributed by atoms with van der Waals surface area (Å²) in [6.07, 6.45) is 0. The van der Waals surface area contributed by atoms with Gasteiger partial charge in [0.1, 0.15) is 10.0 Å². The van der Waals surface area contributed by atoms with Crippen LogP contribution in [0.5, 0.6) is 0 Å². The molecule has 112 valence electrons. The van der Waals surface area contributed by atoms with Crippen LogP contribution in [0, 0.1) is 5.82 Å². The Balaban J connectivity index is 2.21. The van der Waals surface area contributed by atoms with Gasteiger partial charge in [-0.05, 0) is 23.8 Å². The molecular formula is C13H12FNO4S2. The van der Waals surface area contributed by atoms with E-state index in [2.05, 4.69) is 0 Å². The molecule has 0 bridgehead atoms. The van der Waals surface area contributed by atoms with E-state index in [0.29, 0.717) is 5.56 Å². The minimum atomic E-state index is -3.77. The van der Waals surface area contributed by atoms with Gasteiger partial charge in [0.15, 0.2) is 0 Å². The number of aromatic carboxylic acids is 1. The Labute approximate surface area is 125 Å². The number of carbonyl (C=O) groups is 1. The van der Waals surface area contributed by atoms with E-state index in [1.54, 1.807) is 0 Å². The number of rotatable bonds is 5. The monoisotopic (exact) mass is 329 g/mol. The summed E-state index contributed by atoms with van der Waals surface area (Å²) in [5.41, 5.74) is 0.575. The van der Waals surface area contributed by atoms with Crippen molar-refractivity contribution in [3.05, 3.63) is 52.7 Å². The standard InChI is InChI=1S/C13H12FNO4S2/c1-15(7-9-2-4-11(14)5-3-9)21(18,19)12-6-10(8-20-12)13(16)17/h2-6,8H,7H2,1H3,(H,16,17). The zero-order valence-corrected chi connectivity index (χ0v) is 12.6. The maximum absolute atomic E-state index is 12.8. The van der Waals surface area contributed by atoms with Crippen LogP contribution < -0.4 is 0 Å². The van der Waals surface area contributed by atoms with Crippen molar-refractivity contribution < 1.29 is 22.7 Å². The molecule has 0 atom stereocenters. The van der Waals surface area contributed by atoms with Crippen molar-refractivity contribution >= 4 is 27.3 Å². The summed E-state index contributed by atoms with van der Waals surface area (Å²) in [5, 5.41) is 10.1. The highest BCUT2D eigenvalue weighted by molar-refractivity contribution is 7.91. The van der Waals surface area contributed by atoms with E-state index in [4.69, 9.17) is 5.11 Å². The van der Waals surface area contributed by atoms with Crippen LogP contribution in [0.25, 0.3) is 0 Å². The highest BCUT2D eigenvalue weighted by atomic mass is 32.2. The molecule has 0 aliphatic carbocycles. The van der Waals surface area contributed by atoms with Gasteiger partial charge in [-0.1, -0.05) is 12.1 Å². The first-order chi connectivity index (χ1) is 9.80. The summed E-state index contributed by atoms with van der Waals surface area (Å²) in [7, 11) is -2.38. The molecule has 0 spiro atoms. The largest absolute Gasteiger partial charge is 0.478 e. The summed E-state index contributed by atoms with van der Waals surface area (Å²) in [4.78, 5) is 10.8. The van der Waals surface area contributed by atoms with E-state index in [1.165, 1.54) is 36.7 Å². The van der Waals surface area contributed by atoms with Crippen molar-refractivity contribution in [2.75, 3.05) is 7.05 Å². The Morgan fingerprint density at radius 3 is 2.48 bits per heavy atom. The molecule has 0 saturated heterocycles. The van der Waals surface area contributed by atoms with Gasteiger partial charge < -0.3 is 5.11 Å². The van der Waals surface area contributed by atoms with Crippen LogP contribution >= 0.6 is 11.3 Å². The van der Waals surface area contributed by atoms with Crippen molar-refractivity contribution in [1.82, 2.24) is 4.31 Å². The molecule has 2 rings (SSSR count). The second-order valence-corrected chi connectivity index (χ2v) is 7.53. The Morgan fingerprint density at radius 2 is 1.95 bits per heavy atom. The molecule has 0 radical (unpaired) electrons. The lowest BCUT2D eigenvalue weighted by molar-refractivity contribution is 0.0697. The lowest BCUT2D eigenvalue weighted by Gasteiger charge is -2.16. The first-order valence-corrected chi connectivity index (χ1v) is 8.15. The van der Waals surface area contributed by atoms with Gasteiger partial charge in [0.05, 0.1) is 5.56 Å². The average Bonchev–Trinajstić information content (AvgIpc) is 2.91. The Bertz CT molecular complexity index is 753. The SMILES string of the molecule is CN(Cc1ccc(F)cc1)S(=O)(=O)c1cc(C(=O)O)cs1. The van der Waals surface area contributed by atoms with E-state index in [0.717, 1.165) is 21.7 Å². The van der Waals surface area contributed by atoms with Crippen molar-refractivity contribution in [3.8, 4) is 0 Å². The molecule has 1 aromatic heterocycles. The number of carboxylic acid groups (broad SMARTS) is 1. The van der Waals surface area contributed by atoms with Crippen LogP contribution in [-0.4, -0.2) is 30.8 Å². The predicted molar refractivity (Wildman–Crippen MR) is 76.3 cm³/mol. The third kappa shape index (κ3) is 3.46. The molecular weight excluding hydrogens is 317 g/mol. The topological polar surface area (TPSA) is 74.7 Å². The number of thiophene rings is 1. The number of carboxylic acids is 1. The third-order valence-electron chi connectivity index (χ3n) is 2.81. The Morgan fingerprint density at radius 1 is 1.33 bits per heavy atom. The first-order valence-electron chi connectivity index (χ1n) is 5.83. The molecule has 2 aromatic rings.